The lowest BCUT2D eigenvalue weighted by atomic mass is 10.2. The second-order valence-corrected chi connectivity index (χ2v) is 7.96. The molecule has 1 aromatic heterocycles. The van der Waals surface area contributed by atoms with Crippen molar-refractivity contribution >= 4 is 57.5 Å². The van der Waals surface area contributed by atoms with Crippen LogP contribution >= 0.6 is 35.3 Å². The molecule has 0 radical (unpaired) electrons. The first-order chi connectivity index (χ1) is 13.5. The summed E-state index contributed by atoms with van der Waals surface area (Å²) in [4.78, 5) is 25.7. The molecule has 1 saturated heterocycles. The summed E-state index contributed by atoms with van der Waals surface area (Å²) in [7, 11) is 1.52. The summed E-state index contributed by atoms with van der Waals surface area (Å²) in [6.45, 7) is 0.123. The molecule has 9 heteroatoms. The summed E-state index contributed by atoms with van der Waals surface area (Å²) < 4.78 is 11.0. The van der Waals surface area contributed by atoms with Crippen LogP contribution in [0, 0.1) is 12.3 Å². The van der Waals surface area contributed by atoms with E-state index in [1.807, 2.05) is 0 Å². The van der Waals surface area contributed by atoms with Gasteiger partial charge in [0, 0.05) is 0 Å². The maximum Gasteiger partial charge on any atom is 0.285 e. The zero-order valence-electron chi connectivity index (χ0n) is 14.6. The van der Waals surface area contributed by atoms with Crippen LogP contribution in [0.1, 0.15) is 15.2 Å². The predicted molar refractivity (Wildman–Crippen MR) is 114 cm³/mol. The van der Waals surface area contributed by atoms with Gasteiger partial charge in [-0.05, 0) is 47.4 Å². The van der Waals surface area contributed by atoms with Crippen LogP contribution in [0.25, 0.3) is 6.08 Å². The number of carbonyl (C=O) groups excluding carboxylic acids is 2. The summed E-state index contributed by atoms with van der Waals surface area (Å²) in [5, 5.41) is 2.86. The summed E-state index contributed by atoms with van der Waals surface area (Å²) in [5.74, 6) is 2.61. The fourth-order valence-electron chi connectivity index (χ4n) is 2.29. The van der Waals surface area contributed by atoms with Crippen molar-refractivity contribution in [2.24, 2.45) is 0 Å². The number of thioether (sulfide) groups is 1. The number of thiophene rings is 1. The zero-order valence-corrected chi connectivity index (χ0v) is 17.1. The lowest BCUT2D eigenvalue weighted by molar-refractivity contribution is -0.123. The molecule has 2 amide bonds. The van der Waals surface area contributed by atoms with Gasteiger partial charge < -0.3 is 9.47 Å². The standard InChI is InChI=1S/C19H14N2O4S3/c1-3-8-25-13-7-6-12(10-14(13)24-2)11-16-18(23)21(19(26)28-16)20-17(22)15-5-4-9-27-15/h1,4-7,9-11H,8H2,2H3,(H,20,22)/b16-11-. The van der Waals surface area contributed by atoms with Gasteiger partial charge in [0.05, 0.1) is 16.9 Å². The largest absolute Gasteiger partial charge is 0.493 e. The van der Waals surface area contributed by atoms with Crippen LogP contribution in [0.15, 0.2) is 40.6 Å². The number of nitrogens with zero attached hydrogens (tertiary/aromatic N) is 1. The molecule has 0 atom stereocenters. The number of terminal acetylenes is 1. The van der Waals surface area contributed by atoms with Crippen molar-refractivity contribution in [3.63, 3.8) is 0 Å². The molecule has 0 unspecified atom stereocenters. The van der Waals surface area contributed by atoms with E-state index in [0.717, 1.165) is 22.3 Å². The lowest BCUT2D eigenvalue weighted by Gasteiger charge is -2.14. The third kappa shape index (κ3) is 4.36. The van der Waals surface area contributed by atoms with Crippen molar-refractivity contribution in [3.05, 3.63) is 51.1 Å². The Kier molecular flexibility index (Phi) is 6.36. The Labute approximate surface area is 175 Å². The second-order valence-electron chi connectivity index (χ2n) is 5.34. The van der Waals surface area contributed by atoms with Gasteiger partial charge in [0.2, 0.25) is 0 Å². The van der Waals surface area contributed by atoms with Crippen molar-refractivity contribution < 1.29 is 19.1 Å². The van der Waals surface area contributed by atoms with Gasteiger partial charge in [-0.25, -0.2) is 0 Å². The quantitative estimate of drug-likeness (QED) is 0.431. The van der Waals surface area contributed by atoms with Gasteiger partial charge in [-0.3, -0.25) is 15.0 Å². The minimum Gasteiger partial charge on any atom is -0.493 e. The summed E-state index contributed by atoms with van der Waals surface area (Å²) in [6.07, 6.45) is 6.87. The maximum atomic E-state index is 12.6. The molecule has 1 fully saturated rings. The molecule has 2 aromatic rings. The van der Waals surface area contributed by atoms with Crippen molar-refractivity contribution in [1.29, 1.82) is 0 Å². The second kappa shape index (κ2) is 8.93. The van der Waals surface area contributed by atoms with Gasteiger partial charge >= 0.3 is 0 Å². The molecule has 0 saturated carbocycles. The Morgan fingerprint density at radius 1 is 1.39 bits per heavy atom. The SMILES string of the molecule is C#CCOc1ccc(/C=C2\SC(=S)N(NC(=O)c3cccs3)C2=O)cc1OC. The number of benzene rings is 1. The zero-order chi connectivity index (χ0) is 20.1. The first-order valence-electron chi connectivity index (χ1n) is 7.90. The maximum absolute atomic E-state index is 12.6. The van der Waals surface area contributed by atoms with Crippen molar-refractivity contribution in [2.75, 3.05) is 13.7 Å². The average molecular weight is 431 g/mol. The molecule has 6 nitrogen and oxygen atoms in total. The highest BCUT2D eigenvalue weighted by Gasteiger charge is 2.34. The predicted octanol–water partition coefficient (Wildman–Crippen LogP) is 3.31. The highest BCUT2D eigenvalue weighted by Crippen LogP contribution is 2.34. The van der Waals surface area contributed by atoms with E-state index >= 15 is 0 Å². The van der Waals surface area contributed by atoms with Gasteiger partial charge in [0.25, 0.3) is 11.8 Å². The average Bonchev–Trinajstić information content (AvgIpc) is 3.32. The molecule has 142 valence electrons. The summed E-state index contributed by atoms with van der Waals surface area (Å²) in [6, 6.07) is 8.63. The number of hydrogen-bond donors (Lipinski definition) is 1. The molecule has 0 bridgehead atoms. The molecule has 2 heterocycles. The fourth-order valence-corrected chi connectivity index (χ4v) is 4.09. The van der Waals surface area contributed by atoms with Gasteiger partial charge in [0.1, 0.15) is 6.61 Å². The number of nitrogens with one attached hydrogen (secondary N) is 1. The van der Waals surface area contributed by atoms with Crippen LogP contribution in [-0.2, 0) is 4.79 Å². The van der Waals surface area contributed by atoms with E-state index in [9.17, 15) is 9.59 Å². The van der Waals surface area contributed by atoms with Crippen LogP contribution < -0.4 is 14.9 Å². The van der Waals surface area contributed by atoms with Gasteiger partial charge in [-0.1, -0.05) is 29.8 Å². The molecule has 1 aliphatic rings. The molecule has 1 aliphatic heterocycles. The third-order valence-corrected chi connectivity index (χ3v) is 5.72. The highest BCUT2D eigenvalue weighted by molar-refractivity contribution is 8.26. The number of carbonyl (C=O) groups is 2. The summed E-state index contributed by atoms with van der Waals surface area (Å²) >= 11 is 7.61. The number of amides is 2. The van der Waals surface area contributed by atoms with Crippen LogP contribution in [0.4, 0.5) is 0 Å². The van der Waals surface area contributed by atoms with E-state index in [4.69, 9.17) is 28.1 Å². The number of ether oxygens (including phenoxy) is 2. The first kappa shape index (κ1) is 19.9. The number of hydrazine groups is 1. The van der Waals surface area contributed by atoms with E-state index in [-0.39, 0.29) is 16.8 Å². The van der Waals surface area contributed by atoms with Crippen LogP contribution in [0.3, 0.4) is 0 Å². The fraction of sp³-hybridized carbons (Fsp3) is 0.105. The normalized spacial score (nSPS) is 14.9. The van der Waals surface area contributed by atoms with E-state index in [1.165, 1.54) is 18.4 Å². The molecule has 1 N–H and O–H groups in total. The molecule has 0 aliphatic carbocycles. The van der Waals surface area contributed by atoms with Crippen molar-refractivity contribution in [3.8, 4) is 23.8 Å². The Morgan fingerprint density at radius 3 is 2.89 bits per heavy atom. The number of thiocarbonyl (C=S) groups is 1. The van der Waals surface area contributed by atoms with E-state index in [0.29, 0.717) is 21.3 Å². The van der Waals surface area contributed by atoms with Crippen LogP contribution in [-0.4, -0.2) is 34.9 Å². The molecule has 3 rings (SSSR count). The number of rotatable bonds is 6. The van der Waals surface area contributed by atoms with Gasteiger partial charge in [-0.15, -0.1) is 17.8 Å². The Morgan fingerprint density at radius 2 is 2.21 bits per heavy atom. The Balaban J connectivity index is 1.78. The van der Waals surface area contributed by atoms with Crippen molar-refractivity contribution in [2.45, 2.75) is 0 Å². The smallest absolute Gasteiger partial charge is 0.285 e. The van der Waals surface area contributed by atoms with Crippen LogP contribution in [0.5, 0.6) is 11.5 Å². The van der Waals surface area contributed by atoms with E-state index in [2.05, 4.69) is 11.3 Å². The minimum atomic E-state index is -0.397. The van der Waals surface area contributed by atoms with E-state index < -0.39 is 5.91 Å². The topological polar surface area (TPSA) is 67.9 Å². The molecular formula is C19H14N2O4S3. The number of hydrogen-bond acceptors (Lipinski definition) is 7. The lowest BCUT2D eigenvalue weighted by Crippen LogP contribution is -2.44. The molecule has 0 spiro atoms. The van der Waals surface area contributed by atoms with Gasteiger partial charge in [-0.2, -0.15) is 5.01 Å². The van der Waals surface area contributed by atoms with Crippen molar-refractivity contribution in [1.82, 2.24) is 10.4 Å². The third-order valence-electron chi connectivity index (χ3n) is 3.55. The molecule has 28 heavy (non-hydrogen) atoms. The molecule has 1 aromatic carbocycles. The minimum absolute atomic E-state index is 0.123. The monoisotopic (exact) mass is 430 g/mol. The Bertz CT molecular complexity index is 993. The summed E-state index contributed by atoms with van der Waals surface area (Å²) in [5.41, 5.74) is 3.26. The highest BCUT2D eigenvalue weighted by atomic mass is 32.2. The van der Waals surface area contributed by atoms with Crippen LogP contribution in [0.2, 0.25) is 0 Å². The van der Waals surface area contributed by atoms with Gasteiger partial charge in [0.15, 0.2) is 15.8 Å². The number of methoxy groups -OCH3 is 1. The Hall–Kier alpha value is -2.80. The molecular weight excluding hydrogens is 416 g/mol. The van der Waals surface area contributed by atoms with E-state index in [1.54, 1.807) is 41.8 Å². The first-order valence-corrected chi connectivity index (χ1v) is 10.0.